The summed E-state index contributed by atoms with van der Waals surface area (Å²) in [5.74, 6) is 0.0305. The van der Waals surface area contributed by atoms with Gasteiger partial charge in [-0.05, 0) is 25.0 Å². The maximum absolute atomic E-state index is 12.4. The molecule has 2 amide bonds. The molecule has 6 nitrogen and oxygen atoms in total. The second-order valence-corrected chi connectivity index (χ2v) is 7.76. The Morgan fingerprint density at radius 1 is 1.24 bits per heavy atom. The summed E-state index contributed by atoms with van der Waals surface area (Å²) in [7, 11) is 1.94. The standard InChI is InChI=1S/C18H24N4O2S/c1-12(2)17(24)22-10-8-13(9-11-22)16(23)19-20-18-21(3)14-6-4-5-7-15(14)25-18/h4-7,12-13H,8-11H2,1-3H3,(H,19,23)/b20-18+. The molecule has 1 aromatic carbocycles. The third-order valence-electron chi connectivity index (χ3n) is 4.65. The fraction of sp³-hybridized carbons (Fsp3) is 0.500. The molecule has 1 saturated heterocycles. The van der Waals surface area contributed by atoms with Crippen LogP contribution in [0, 0.1) is 11.8 Å². The highest BCUT2D eigenvalue weighted by Gasteiger charge is 2.28. The number of nitrogens with one attached hydrogen (secondary N) is 1. The summed E-state index contributed by atoms with van der Waals surface area (Å²) in [5, 5.41) is 4.30. The molecular weight excluding hydrogens is 336 g/mol. The van der Waals surface area contributed by atoms with E-state index in [-0.39, 0.29) is 23.7 Å². The van der Waals surface area contributed by atoms with Gasteiger partial charge >= 0.3 is 0 Å². The van der Waals surface area contributed by atoms with Crippen LogP contribution >= 0.6 is 11.3 Å². The molecule has 0 bridgehead atoms. The predicted octanol–water partition coefficient (Wildman–Crippen LogP) is 2.07. The maximum atomic E-state index is 12.4. The van der Waals surface area contributed by atoms with E-state index in [9.17, 15) is 9.59 Å². The topological polar surface area (TPSA) is 66.7 Å². The molecule has 2 heterocycles. The number of benzene rings is 1. The minimum absolute atomic E-state index is 0.00772. The number of piperidine rings is 1. The van der Waals surface area contributed by atoms with Crippen LogP contribution < -0.4 is 10.2 Å². The number of hydrogen-bond donors (Lipinski definition) is 1. The number of amides is 2. The Balaban J connectivity index is 1.63. The molecule has 3 rings (SSSR count). The highest BCUT2D eigenvalue weighted by atomic mass is 32.1. The second-order valence-electron chi connectivity index (χ2n) is 6.75. The molecule has 1 N–H and O–H groups in total. The Labute approximate surface area is 151 Å². The Bertz CT molecular complexity index is 844. The van der Waals surface area contributed by atoms with Crippen LogP contribution in [0.5, 0.6) is 0 Å². The van der Waals surface area contributed by atoms with Crippen LogP contribution in [0.3, 0.4) is 0 Å². The van der Waals surface area contributed by atoms with Crippen molar-refractivity contribution in [3.63, 3.8) is 0 Å². The number of carbonyl (C=O) groups is 2. The monoisotopic (exact) mass is 360 g/mol. The minimum atomic E-state index is -0.0837. The molecule has 1 aromatic heterocycles. The zero-order valence-corrected chi connectivity index (χ0v) is 15.7. The average Bonchev–Trinajstić information content (AvgIpc) is 2.95. The van der Waals surface area contributed by atoms with Crippen molar-refractivity contribution in [2.45, 2.75) is 26.7 Å². The van der Waals surface area contributed by atoms with Gasteiger partial charge in [-0.2, -0.15) is 0 Å². The largest absolute Gasteiger partial charge is 0.342 e. The van der Waals surface area contributed by atoms with Crippen molar-refractivity contribution in [3.05, 3.63) is 29.1 Å². The fourth-order valence-corrected chi connectivity index (χ4v) is 4.09. The second kappa shape index (κ2) is 7.39. The van der Waals surface area contributed by atoms with Gasteiger partial charge in [0, 0.05) is 32.0 Å². The number of fused-ring (bicyclic) bond motifs is 1. The van der Waals surface area contributed by atoms with Gasteiger partial charge in [-0.1, -0.05) is 37.3 Å². The zero-order valence-electron chi connectivity index (χ0n) is 14.9. The van der Waals surface area contributed by atoms with Crippen LogP contribution in [0.25, 0.3) is 10.2 Å². The molecule has 7 heteroatoms. The van der Waals surface area contributed by atoms with E-state index >= 15 is 0 Å². The summed E-state index contributed by atoms with van der Waals surface area (Å²) in [5.41, 5.74) is 3.81. The van der Waals surface area contributed by atoms with Crippen LogP contribution in [0.2, 0.25) is 0 Å². The van der Waals surface area contributed by atoms with Gasteiger partial charge in [-0.3, -0.25) is 9.59 Å². The van der Waals surface area contributed by atoms with E-state index in [4.69, 9.17) is 0 Å². The third kappa shape index (κ3) is 3.76. The fourth-order valence-electron chi connectivity index (χ4n) is 3.11. The van der Waals surface area contributed by atoms with Crippen LogP contribution in [0.4, 0.5) is 0 Å². The van der Waals surface area contributed by atoms with Crippen molar-refractivity contribution in [3.8, 4) is 0 Å². The average molecular weight is 360 g/mol. The molecule has 0 aliphatic carbocycles. The quantitative estimate of drug-likeness (QED) is 0.852. The van der Waals surface area contributed by atoms with Gasteiger partial charge in [0.25, 0.3) is 0 Å². The molecule has 1 fully saturated rings. The van der Waals surface area contributed by atoms with Crippen molar-refractivity contribution < 1.29 is 9.59 Å². The highest BCUT2D eigenvalue weighted by Crippen LogP contribution is 2.19. The first-order chi connectivity index (χ1) is 12.0. The Hall–Kier alpha value is -2.15. The van der Waals surface area contributed by atoms with Gasteiger partial charge in [-0.25, -0.2) is 5.43 Å². The van der Waals surface area contributed by atoms with Crippen molar-refractivity contribution in [1.29, 1.82) is 0 Å². The maximum Gasteiger partial charge on any atom is 0.243 e. The number of hydrogen-bond acceptors (Lipinski definition) is 4. The number of rotatable bonds is 3. The molecule has 2 aromatic rings. The van der Waals surface area contributed by atoms with Gasteiger partial charge < -0.3 is 9.47 Å². The lowest BCUT2D eigenvalue weighted by Gasteiger charge is -2.32. The first-order valence-corrected chi connectivity index (χ1v) is 9.46. The summed E-state index contributed by atoms with van der Waals surface area (Å²) in [4.78, 5) is 27.0. The van der Waals surface area contributed by atoms with Crippen molar-refractivity contribution >= 4 is 33.4 Å². The third-order valence-corrected chi connectivity index (χ3v) is 5.76. The first-order valence-electron chi connectivity index (χ1n) is 8.64. The van der Waals surface area contributed by atoms with Gasteiger partial charge in [0.05, 0.1) is 10.2 Å². The lowest BCUT2D eigenvalue weighted by Crippen LogP contribution is -2.43. The van der Waals surface area contributed by atoms with E-state index in [1.165, 1.54) is 0 Å². The Morgan fingerprint density at radius 3 is 2.56 bits per heavy atom. The van der Waals surface area contributed by atoms with Gasteiger partial charge in [-0.15, -0.1) is 5.10 Å². The van der Waals surface area contributed by atoms with E-state index in [1.807, 2.05) is 54.6 Å². The van der Waals surface area contributed by atoms with Crippen LogP contribution in [0.1, 0.15) is 26.7 Å². The van der Waals surface area contributed by atoms with Crippen LogP contribution in [0.15, 0.2) is 29.4 Å². The Morgan fingerprint density at radius 2 is 1.92 bits per heavy atom. The van der Waals surface area contributed by atoms with Crippen molar-refractivity contribution in [1.82, 2.24) is 14.9 Å². The summed E-state index contributed by atoms with van der Waals surface area (Å²) in [6, 6.07) is 8.06. The van der Waals surface area contributed by atoms with Crippen LogP contribution in [-0.4, -0.2) is 34.4 Å². The smallest absolute Gasteiger partial charge is 0.243 e. The number of thiazole rings is 1. The summed E-state index contributed by atoms with van der Waals surface area (Å²) < 4.78 is 3.11. The van der Waals surface area contributed by atoms with Crippen molar-refractivity contribution in [2.24, 2.45) is 24.0 Å². The molecule has 0 atom stereocenters. The number of carbonyl (C=O) groups excluding carboxylic acids is 2. The van der Waals surface area contributed by atoms with E-state index in [2.05, 4.69) is 10.5 Å². The van der Waals surface area contributed by atoms with Gasteiger partial charge in [0.1, 0.15) is 0 Å². The number of nitrogens with zero attached hydrogens (tertiary/aromatic N) is 3. The molecule has 1 aliphatic heterocycles. The predicted molar refractivity (Wildman–Crippen MR) is 98.6 cm³/mol. The number of aryl methyl sites for hydroxylation is 1. The number of para-hydroxylation sites is 1. The normalized spacial score (nSPS) is 16.6. The van der Waals surface area contributed by atoms with Gasteiger partial charge in [0.2, 0.25) is 16.6 Å². The van der Waals surface area contributed by atoms with E-state index < -0.39 is 0 Å². The van der Waals surface area contributed by atoms with E-state index in [0.717, 1.165) is 15.0 Å². The lowest BCUT2D eigenvalue weighted by molar-refractivity contribution is -0.138. The molecule has 0 spiro atoms. The first kappa shape index (κ1) is 17.7. The number of aromatic nitrogens is 1. The molecule has 134 valence electrons. The lowest BCUT2D eigenvalue weighted by atomic mass is 9.95. The highest BCUT2D eigenvalue weighted by molar-refractivity contribution is 7.16. The van der Waals surface area contributed by atoms with E-state index in [1.54, 1.807) is 11.3 Å². The minimum Gasteiger partial charge on any atom is -0.342 e. The SMILES string of the molecule is CC(C)C(=O)N1CCC(C(=O)N/N=c2/sc3ccccc3n2C)CC1. The molecule has 0 unspecified atom stereocenters. The molecular formula is C18H24N4O2S. The molecule has 0 saturated carbocycles. The Kier molecular flexibility index (Phi) is 5.22. The molecule has 1 aliphatic rings. The number of likely N-dealkylation sites (tertiary alicyclic amines) is 1. The van der Waals surface area contributed by atoms with E-state index in [0.29, 0.717) is 25.9 Å². The van der Waals surface area contributed by atoms with Gasteiger partial charge in [0.15, 0.2) is 0 Å². The molecule has 0 radical (unpaired) electrons. The molecule has 25 heavy (non-hydrogen) atoms. The summed E-state index contributed by atoms with van der Waals surface area (Å²) >= 11 is 1.55. The van der Waals surface area contributed by atoms with Crippen molar-refractivity contribution in [2.75, 3.05) is 13.1 Å². The zero-order chi connectivity index (χ0) is 18.0. The van der Waals surface area contributed by atoms with Crippen LogP contribution in [-0.2, 0) is 16.6 Å². The summed E-state index contributed by atoms with van der Waals surface area (Å²) in [6.07, 6.45) is 1.39. The summed E-state index contributed by atoms with van der Waals surface area (Å²) in [6.45, 7) is 5.10.